The fraction of sp³-hybridized carbons (Fsp3) is 0.500. The Morgan fingerprint density at radius 2 is 1.02 bits per heavy atom. The Kier molecular flexibility index (Phi) is 12.7. The Morgan fingerprint density at radius 3 is 1.40 bits per heavy atom. The van der Waals surface area contributed by atoms with Crippen molar-refractivity contribution in [3.8, 4) is 0 Å². The van der Waals surface area contributed by atoms with Crippen LogP contribution >= 0.6 is 0 Å². The van der Waals surface area contributed by atoms with E-state index in [1.165, 1.54) is 17.7 Å². The van der Waals surface area contributed by atoms with E-state index < -0.39 is 48.4 Å². The van der Waals surface area contributed by atoms with E-state index in [4.69, 9.17) is 8.85 Å². The minimum absolute atomic E-state index is 0.0399. The fourth-order valence-corrected chi connectivity index (χ4v) is 19.0. The van der Waals surface area contributed by atoms with E-state index in [-0.39, 0.29) is 10.1 Å². The molecule has 5 nitrogen and oxygen atoms in total. The second-order valence-electron chi connectivity index (χ2n) is 15.1. The van der Waals surface area contributed by atoms with Gasteiger partial charge in [0.25, 0.3) is 0 Å². The molecule has 0 saturated heterocycles. The summed E-state index contributed by atoms with van der Waals surface area (Å²) in [4.78, 5) is 0.420. The SMILES string of the molecule is Cc1cc[c]([Bi]([c]2ccc(C)cc2)[c]2ccccc2S(=O)(=O)N(CCO[Si](C)(C)C(C)(C)C)CCO[Si](C)(C)C(C)(C)C)cc1. The van der Waals surface area contributed by atoms with Gasteiger partial charge in [0, 0.05) is 0 Å². The molecule has 0 fully saturated rings. The van der Waals surface area contributed by atoms with E-state index in [1.54, 1.807) is 4.31 Å². The quantitative estimate of drug-likeness (QED) is 0.177. The van der Waals surface area contributed by atoms with Crippen molar-refractivity contribution in [2.75, 3.05) is 26.3 Å². The van der Waals surface area contributed by atoms with E-state index in [9.17, 15) is 8.42 Å². The molecule has 45 heavy (non-hydrogen) atoms. The third-order valence-corrected chi connectivity index (χ3v) is 30.9. The van der Waals surface area contributed by atoms with Gasteiger partial charge in [0.1, 0.15) is 0 Å². The van der Waals surface area contributed by atoms with Gasteiger partial charge in [-0.3, -0.25) is 0 Å². The Balaban J connectivity index is 2.08. The van der Waals surface area contributed by atoms with E-state index >= 15 is 0 Å². The summed E-state index contributed by atoms with van der Waals surface area (Å²) in [6, 6.07) is 25.1. The second-order valence-corrected chi connectivity index (χ2v) is 35.1. The Bertz CT molecular complexity index is 1430. The van der Waals surface area contributed by atoms with Crippen LogP contribution in [0.25, 0.3) is 0 Å². The molecule has 0 N–H and O–H groups in total. The van der Waals surface area contributed by atoms with Gasteiger partial charge in [-0.2, -0.15) is 0 Å². The van der Waals surface area contributed by atoms with Crippen molar-refractivity contribution >= 4 is 58.2 Å². The van der Waals surface area contributed by atoms with Gasteiger partial charge in [-0.25, -0.2) is 0 Å². The van der Waals surface area contributed by atoms with E-state index in [2.05, 4.69) is 136 Å². The predicted octanol–water partition coefficient (Wildman–Crippen LogP) is 6.85. The number of hydrogen-bond acceptors (Lipinski definition) is 4. The second kappa shape index (κ2) is 14.9. The molecule has 0 saturated carbocycles. The summed E-state index contributed by atoms with van der Waals surface area (Å²) in [6.07, 6.45) is 0. The molecule has 248 valence electrons. The van der Waals surface area contributed by atoms with Crippen molar-refractivity contribution in [3.05, 3.63) is 83.9 Å². The number of benzene rings is 3. The molecule has 0 bridgehead atoms. The van der Waals surface area contributed by atoms with Crippen molar-refractivity contribution in [3.63, 3.8) is 0 Å². The zero-order valence-electron chi connectivity index (χ0n) is 29.7. The summed E-state index contributed by atoms with van der Waals surface area (Å²) in [7, 11) is -7.98. The molecule has 0 heterocycles. The molecule has 9 heteroatoms. The first-order valence-corrected chi connectivity index (χ1v) is 28.5. The predicted molar refractivity (Wildman–Crippen MR) is 199 cm³/mol. The van der Waals surface area contributed by atoms with E-state index in [0.717, 1.165) is 3.27 Å². The van der Waals surface area contributed by atoms with Crippen molar-refractivity contribution < 1.29 is 17.3 Å². The Hall–Kier alpha value is -1.19. The topological polar surface area (TPSA) is 55.8 Å². The fourth-order valence-electron chi connectivity index (χ4n) is 4.40. The monoisotopic (exact) mass is 863 g/mol. The zero-order valence-corrected chi connectivity index (χ0v) is 36.0. The summed E-state index contributed by atoms with van der Waals surface area (Å²) in [6.45, 7) is 27.6. The molecule has 3 aromatic rings. The summed E-state index contributed by atoms with van der Waals surface area (Å²) in [5, 5.41) is 0.0799. The normalized spacial score (nSPS) is 13.6. The van der Waals surface area contributed by atoms with Gasteiger partial charge in [0.05, 0.1) is 0 Å². The van der Waals surface area contributed by atoms with Crippen molar-refractivity contribution in [1.82, 2.24) is 4.31 Å². The first-order valence-electron chi connectivity index (χ1n) is 16.0. The van der Waals surface area contributed by atoms with Crippen molar-refractivity contribution in [1.29, 1.82) is 0 Å². The van der Waals surface area contributed by atoms with Crippen LogP contribution in [-0.4, -0.2) is 77.4 Å². The molecule has 0 aliphatic heterocycles. The van der Waals surface area contributed by atoms with Crippen LogP contribution in [0.4, 0.5) is 0 Å². The molecule has 0 radical (unpaired) electrons. The molecule has 0 amide bonds. The van der Waals surface area contributed by atoms with Crippen molar-refractivity contribution in [2.45, 2.75) is 96.5 Å². The molecule has 0 aromatic heterocycles. The van der Waals surface area contributed by atoms with Crippen LogP contribution in [0.5, 0.6) is 0 Å². The molecule has 0 spiro atoms. The summed E-state index contributed by atoms with van der Waals surface area (Å²) >= 11 is -3.02. The third kappa shape index (κ3) is 9.68. The van der Waals surface area contributed by atoms with Gasteiger partial charge in [-0.1, -0.05) is 0 Å². The summed E-state index contributed by atoms with van der Waals surface area (Å²) in [5.74, 6) is 0. The third-order valence-electron chi connectivity index (χ3n) is 9.53. The molecule has 3 rings (SSSR count). The number of rotatable bonds is 13. The number of sulfonamides is 1. The molecular weight excluding hydrogens is 808 g/mol. The molecule has 0 aliphatic carbocycles. The van der Waals surface area contributed by atoms with Gasteiger partial charge in [-0.15, -0.1) is 0 Å². The Morgan fingerprint density at radius 1 is 0.644 bits per heavy atom. The zero-order chi connectivity index (χ0) is 33.8. The first-order chi connectivity index (χ1) is 20.7. The molecule has 0 unspecified atom stereocenters. The molecule has 3 aromatic carbocycles. The van der Waals surface area contributed by atoms with Crippen LogP contribution in [0.15, 0.2) is 77.7 Å². The van der Waals surface area contributed by atoms with E-state index in [0.29, 0.717) is 31.2 Å². The first kappa shape index (κ1) is 38.3. The van der Waals surface area contributed by atoms with Gasteiger partial charge in [-0.05, 0) is 0 Å². The average Bonchev–Trinajstić information content (AvgIpc) is 2.93. The molecule has 0 aliphatic rings. The van der Waals surface area contributed by atoms with Gasteiger partial charge in [0.2, 0.25) is 0 Å². The van der Waals surface area contributed by atoms with E-state index in [1.807, 2.05) is 18.2 Å². The maximum absolute atomic E-state index is 14.8. The number of nitrogens with zero attached hydrogens (tertiary/aromatic N) is 1. The van der Waals surface area contributed by atoms with Crippen molar-refractivity contribution in [2.24, 2.45) is 0 Å². The Labute approximate surface area is 284 Å². The van der Waals surface area contributed by atoms with Gasteiger partial charge < -0.3 is 0 Å². The van der Waals surface area contributed by atoms with Crippen LogP contribution in [0.3, 0.4) is 0 Å². The van der Waals surface area contributed by atoms with Crippen LogP contribution in [0, 0.1) is 13.8 Å². The van der Waals surface area contributed by atoms with Gasteiger partial charge in [0.15, 0.2) is 0 Å². The molecule has 0 atom stereocenters. The summed E-state index contributed by atoms with van der Waals surface area (Å²) < 4.78 is 47.7. The standard InChI is InChI=1S/C22H42NO4SSi2.2C7H7.Bi/c1-21(2,3)29(7,8)26-18-16-23(17-19-27-30(9,10)22(4,5)6)28(24,25)20-14-12-11-13-15-20;2*1-7-5-3-2-4-6-7;/h11-14H,16-19H2,1-10H3;2*3-6H,1H3;. The van der Waals surface area contributed by atoms with Crippen LogP contribution in [0.2, 0.25) is 36.3 Å². The van der Waals surface area contributed by atoms with Gasteiger partial charge >= 0.3 is 287 Å². The number of aryl methyl sites for hydroxylation is 2. The van der Waals surface area contributed by atoms with Crippen LogP contribution in [-0.2, 0) is 18.9 Å². The minimum atomic E-state index is -3.86. The van der Waals surface area contributed by atoms with Crippen LogP contribution < -0.4 is 9.81 Å². The average molecular weight is 864 g/mol. The summed E-state index contributed by atoms with van der Waals surface area (Å²) in [5.41, 5.74) is 2.39. The van der Waals surface area contributed by atoms with Crippen LogP contribution in [0.1, 0.15) is 52.7 Å². The number of hydrogen-bond donors (Lipinski definition) is 0. The molecular formula is C36H56BiNO4SSi2. The maximum atomic E-state index is 14.8.